The van der Waals surface area contributed by atoms with Crippen LogP contribution in [0.5, 0.6) is 0 Å². The van der Waals surface area contributed by atoms with Crippen LogP contribution in [0.3, 0.4) is 0 Å². The first kappa shape index (κ1) is 16.4. The van der Waals surface area contributed by atoms with E-state index in [1.807, 2.05) is 24.3 Å². The molecule has 1 aliphatic rings. The predicted molar refractivity (Wildman–Crippen MR) is 104 cm³/mol. The summed E-state index contributed by atoms with van der Waals surface area (Å²) in [6.07, 6.45) is 5.75. The number of nitriles is 1. The lowest BCUT2D eigenvalue weighted by atomic mass is 10.1. The number of aromatic nitrogens is 2. The van der Waals surface area contributed by atoms with Gasteiger partial charge in [-0.15, -0.1) is 0 Å². The lowest BCUT2D eigenvalue weighted by molar-refractivity contribution is 0.522. The van der Waals surface area contributed by atoms with E-state index in [1.54, 1.807) is 0 Å². The van der Waals surface area contributed by atoms with Crippen LogP contribution in [-0.4, -0.2) is 9.55 Å². The molecular weight excluding hydrogens is 320 g/mol. The summed E-state index contributed by atoms with van der Waals surface area (Å²) in [5.74, 6) is 1.21. The Morgan fingerprint density at radius 2 is 1.85 bits per heavy atom. The maximum atomic E-state index is 8.90. The van der Waals surface area contributed by atoms with E-state index in [-0.39, 0.29) is 6.04 Å². The molecular formula is C22H22N4. The molecule has 4 rings (SSSR count). The van der Waals surface area contributed by atoms with E-state index in [2.05, 4.69) is 53.3 Å². The topological polar surface area (TPSA) is 53.6 Å². The van der Waals surface area contributed by atoms with Crippen LogP contribution < -0.4 is 5.32 Å². The molecule has 1 N–H and O–H groups in total. The van der Waals surface area contributed by atoms with Gasteiger partial charge in [-0.1, -0.05) is 24.3 Å². The van der Waals surface area contributed by atoms with Crippen LogP contribution in [-0.2, 0) is 13.0 Å². The Balaban J connectivity index is 1.47. The summed E-state index contributed by atoms with van der Waals surface area (Å²) in [6, 6.07) is 18.5. The fourth-order valence-corrected chi connectivity index (χ4v) is 3.47. The summed E-state index contributed by atoms with van der Waals surface area (Å²) in [4.78, 5) is 4.79. The molecule has 4 heteroatoms. The van der Waals surface area contributed by atoms with Gasteiger partial charge < -0.3 is 9.88 Å². The second-order valence-corrected chi connectivity index (χ2v) is 6.87. The summed E-state index contributed by atoms with van der Waals surface area (Å²) in [5, 5.41) is 12.4. The van der Waals surface area contributed by atoms with E-state index in [0.29, 0.717) is 5.56 Å². The van der Waals surface area contributed by atoms with E-state index < -0.39 is 0 Å². The summed E-state index contributed by atoms with van der Waals surface area (Å²) in [6.45, 7) is 3.21. The fraction of sp³-hybridized carbons (Fsp3) is 0.273. The number of aryl methyl sites for hydroxylation is 2. The van der Waals surface area contributed by atoms with Crippen molar-refractivity contribution in [3.8, 4) is 17.3 Å². The second kappa shape index (κ2) is 7.05. The first-order valence-corrected chi connectivity index (χ1v) is 9.16. The van der Waals surface area contributed by atoms with Crippen molar-refractivity contribution in [3.63, 3.8) is 0 Å². The van der Waals surface area contributed by atoms with Gasteiger partial charge in [-0.05, 0) is 49.6 Å². The molecule has 0 radical (unpaired) electrons. The third kappa shape index (κ3) is 3.34. The summed E-state index contributed by atoms with van der Waals surface area (Å²) >= 11 is 0. The zero-order valence-corrected chi connectivity index (χ0v) is 14.9. The van der Waals surface area contributed by atoms with Crippen LogP contribution >= 0.6 is 0 Å². The Morgan fingerprint density at radius 1 is 1.08 bits per heavy atom. The van der Waals surface area contributed by atoms with Crippen LogP contribution in [0.15, 0.2) is 54.7 Å². The number of rotatable bonds is 4. The number of hydrogen-bond donors (Lipinski definition) is 1. The van der Waals surface area contributed by atoms with Crippen LogP contribution in [0.4, 0.5) is 5.69 Å². The minimum absolute atomic E-state index is 0.175. The number of nitrogens with one attached hydrogen (secondary N) is 1. The van der Waals surface area contributed by atoms with E-state index in [4.69, 9.17) is 10.2 Å². The SMILES string of the molecule is CC(Nc1ccc(-c2cn3c(n2)CCCC3)cc1)c1ccc(C#N)cc1. The molecule has 4 nitrogen and oxygen atoms in total. The smallest absolute Gasteiger partial charge is 0.109 e. The van der Waals surface area contributed by atoms with Crippen molar-refractivity contribution in [2.24, 2.45) is 0 Å². The average molecular weight is 342 g/mol. The molecule has 0 amide bonds. The van der Waals surface area contributed by atoms with Gasteiger partial charge in [0.1, 0.15) is 5.82 Å². The van der Waals surface area contributed by atoms with E-state index in [1.165, 1.54) is 18.7 Å². The number of fused-ring (bicyclic) bond motifs is 1. The molecule has 0 aliphatic carbocycles. The Morgan fingerprint density at radius 3 is 2.54 bits per heavy atom. The quantitative estimate of drug-likeness (QED) is 0.731. The van der Waals surface area contributed by atoms with Crippen LogP contribution in [0.25, 0.3) is 11.3 Å². The first-order chi connectivity index (χ1) is 12.7. The van der Waals surface area contributed by atoms with Crippen molar-refractivity contribution < 1.29 is 0 Å². The maximum Gasteiger partial charge on any atom is 0.109 e. The van der Waals surface area contributed by atoms with Gasteiger partial charge in [0.25, 0.3) is 0 Å². The van der Waals surface area contributed by atoms with Crippen molar-refractivity contribution in [2.45, 2.75) is 38.8 Å². The molecule has 0 fully saturated rings. The molecule has 26 heavy (non-hydrogen) atoms. The van der Waals surface area contributed by atoms with Crippen molar-refractivity contribution in [1.29, 1.82) is 5.26 Å². The lowest BCUT2D eigenvalue weighted by Crippen LogP contribution is -2.08. The van der Waals surface area contributed by atoms with E-state index >= 15 is 0 Å². The highest BCUT2D eigenvalue weighted by atomic mass is 15.1. The molecule has 2 heterocycles. The Hall–Kier alpha value is -3.06. The number of hydrogen-bond acceptors (Lipinski definition) is 3. The van der Waals surface area contributed by atoms with Crippen LogP contribution in [0.1, 0.15) is 42.8 Å². The largest absolute Gasteiger partial charge is 0.379 e. The Labute approximate surface area is 154 Å². The van der Waals surface area contributed by atoms with E-state index in [0.717, 1.165) is 35.5 Å². The van der Waals surface area contributed by atoms with Gasteiger partial charge in [-0.2, -0.15) is 5.26 Å². The second-order valence-electron chi connectivity index (χ2n) is 6.87. The molecule has 0 bridgehead atoms. The molecule has 0 spiro atoms. The Bertz CT molecular complexity index is 906. The lowest BCUT2D eigenvalue weighted by Gasteiger charge is -2.16. The molecule has 1 unspecified atom stereocenters. The van der Waals surface area contributed by atoms with Gasteiger partial charge >= 0.3 is 0 Å². The minimum Gasteiger partial charge on any atom is -0.379 e. The van der Waals surface area contributed by atoms with Gasteiger partial charge in [-0.25, -0.2) is 4.98 Å². The highest BCUT2D eigenvalue weighted by molar-refractivity contribution is 5.62. The fourth-order valence-electron chi connectivity index (χ4n) is 3.47. The van der Waals surface area contributed by atoms with Crippen molar-refractivity contribution >= 4 is 5.69 Å². The third-order valence-corrected chi connectivity index (χ3v) is 5.01. The number of nitrogens with zero attached hydrogens (tertiary/aromatic N) is 3. The number of benzene rings is 2. The predicted octanol–water partition coefficient (Wildman–Crippen LogP) is 4.93. The van der Waals surface area contributed by atoms with Gasteiger partial charge in [0.05, 0.1) is 17.3 Å². The van der Waals surface area contributed by atoms with Crippen molar-refractivity contribution in [3.05, 3.63) is 71.7 Å². The highest BCUT2D eigenvalue weighted by Crippen LogP contribution is 2.25. The maximum absolute atomic E-state index is 8.90. The monoisotopic (exact) mass is 342 g/mol. The number of imidazole rings is 1. The molecule has 0 saturated carbocycles. The highest BCUT2D eigenvalue weighted by Gasteiger charge is 2.13. The summed E-state index contributed by atoms with van der Waals surface area (Å²) < 4.78 is 2.29. The van der Waals surface area contributed by atoms with Gasteiger partial charge in [-0.3, -0.25) is 0 Å². The molecule has 3 aromatic rings. The normalized spacial score (nSPS) is 14.3. The standard InChI is InChI=1S/C22H22N4/c1-16(18-7-5-17(14-23)6-8-18)24-20-11-9-19(10-12-20)21-15-26-13-3-2-4-22(26)25-21/h5-12,15-16,24H,2-4,13H2,1H3. The number of anilines is 1. The third-order valence-electron chi connectivity index (χ3n) is 5.01. The van der Waals surface area contributed by atoms with Gasteiger partial charge in [0, 0.05) is 36.5 Å². The summed E-state index contributed by atoms with van der Waals surface area (Å²) in [7, 11) is 0. The molecule has 1 atom stereocenters. The summed E-state index contributed by atoms with van der Waals surface area (Å²) in [5.41, 5.74) is 5.15. The zero-order valence-electron chi connectivity index (χ0n) is 14.9. The van der Waals surface area contributed by atoms with Crippen molar-refractivity contribution in [1.82, 2.24) is 9.55 Å². The van der Waals surface area contributed by atoms with Crippen LogP contribution in [0.2, 0.25) is 0 Å². The van der Waals surface area contributed by atoms with Gasteiger partial charge in [0.15, 0.2) is 0 Å². The molecule has 0 saturated heterocycles. The first-order valence-electron chi connectivity index (χ1n) is 9.16. The van der Waals surface area contributed by atoms with Crippen LogP contribution in [0, 0.1) is 11.3 Å². The van der Waals surface area contributed by atoms with Crippen molar-refractivity contribution in [2.75, 3.05) is 5.32 Å². The minimum atomic E-state index is 0.175. The van der Waals surface area contributed by atoms with E-state index in [9.17, 15) is 0 Å². The zero-order chi connectivity index (χ0) is 17.9. The van der Waals surface area contributed by atoms with Gasteiger partial charge in [0.2, 0.25) is 0 Å². The molecule has 1 aliphatic heterocycles. The Kier molecular flexibility index (Phi) is 4.45. The molecule has 130 valence electrons. The molecule has 2 aromatic carbocycles. The average Bonchev–Trinajstić information content (AvgIpc) is 3.13. The molecule has 1 aromatic heterocycles.